The smallest absolute Gasteiger partial charge is 0.223 e. The third kappa shape index (κ3) is 5.13. The Labute approximate surface area is 173 Å². The van der Waals surface area contributed by atoms with Crippen molar-refractivity contribution < 1.29 is 14.3 Å². The lowest BCUT2D eigenvalue weighted by molar-refractivity contribution is -0.130. The predicted molar refractivity (Wildman–Crippen MR) is 112 cm³/mol. The summed E-state index contributed by atoms with van der Waals surface area (Å²) in [6.07, 6.45) is 5.92. The molecule has 1 unspecified atom stereocenters. The molecule has 0 bridgehead atoms. The number of piperidine rings is 1. The standard InChI is InChI=1S/C21H29N3O3.ClH/c1-16(25)24-12-7-17-5-3-4-6-18(17)19(24)13-20(26)23-14-21(15-27-2)8-10-22-11-9-21;/h3-7,12,19,22H,8-11,13-15H2,1-2H3,(H,23,26);1H. The van der Waals surface area contributed by atoms with Crippen molar-refractivity contribution in [3.8, 4) is 0 Å². The fraction of sp³-hybridized carbons (Fsp3) is 0.524. The van der Waals surface area contributed by atoms with Gasteiger partial charge in [0.25, 0.3) is 0 Å². The lowest BCUT2D eigenvalue weighted by atomic mass is 9.79. The van der Waals surface area contributed by atoms with E-state index in [1.165, 1.54) is 6.92 Å². The molecule has 1 saturated heterocycles. The summed E-state index contributed by atoms with van der Waals surface area (Å²) in [4.78, 5) is 26.5. The number of nitrogens with zero attached hydrogens (tertiary/aromatic N) is 1. The lowest BCUT2D eigenvalue weighted by Gasteiger charge is -2.37. The molecule has 2 aliphatic heterocycles. The normalized spacial score (nSPS) is 20.1. The number of methoxy groups -OCH3 is 1. The van der Waals surface area contributed by atoms with Crippen LogP contribution >= 0.6 is 12.4 Å². The van der Waals surface area contributed by atoms with E-state index in [-0.39, 0.29) is 42.1 Å². The number of hydrogen-bond acceptors (Lipinski definition) is 4. The molecule has 1 atom stereocenters. The van der Waals surface area contributed by atoms with Crippen LogP contribution < -0.4 is 10.6 Å². The molecule has 154 valence electrons. The number of nitrogens with one attached hydrogen (secondary N) is 2. The van der Waals surface area contributed by atoms with Gasteiger partial charge in [0.1, 0.15) is 0 Å². The van der Waals surface area contributed by atoms with Crippen LogP contribution in [0, 0.1) is 5.41 Å². The minimum Gasteiger partial charge on any atom is -0.384 e. The van der Waals surface area contributed by atoms with E-state index in [1.54, 1.807) is 18.2 Å². The molecule has 2 aliphatic rings. The zero-order valence-corrected chi connectivity index (χ0v) is 17.4. The summed E-state index contributed by atoms with van der Waals surface area (Å²) in [6.45, 7) is 4.66. The van der Waals surface area contributed by atoms with Gasteiger partial charge in [0.05, 0.1) is 19.1 Å². The summed E-state index contributed by atoms with van der Waals surface area (Å²) < 4.78 is 5.42. The highest BCUT2D eigenvalue weighted by Crippen LogP contribution is 2.33. The second-order valence-electron chi connectivity index (χ2n) is 7.55. The fourth-order valence-corrected chi connectivity index (χ4v) is 4.08. The SMILES string of the molecule is COCC1(CNC(=O)CC2c3ccccc3C=CN2C(C)=O)CCNCC1.Cl. The summed E-state index contributed by atoms with van der Waals surface area (Å²) >= 11 is 0. The van der Waals surface area contributed by atoms with Gasteiger partial charge < -0.3 is 20.3 Å². The number of hydrogen-bond donors (Lipinski definition) is 2. The molecule has 3 rings (SSSR count). The van der Waals surface area contributed by atoms with Crippen molar-refractivity contribution in [2.45, 2.75) is 32.2 Å². The van der Waals surface area contributed by atoms with Crippen molar-refractivity contribution in [1.82, 2.24) is 15.5 Å². The molecule has 0 aromatic heterocycles. The molecule has 0 spiro atoms. The van der Waals surface area contributed by atoms with Crippen LogP contribution in [0.15, 0.2) is 30.5 Å². The van der Waals surface area contributed by atoms with Crippen molar-refractivity contribution >= 4 is 30.3 Å². The van der Waals surface area contributed by atoms with Gasteiger partial charge in [-0.3, -0.25) is 9.59 Å². The Morgan fingerprint density at radius 3 is 2.68 bits per heavy atom. The van der Waals surface area contributed by atoms with Gasteiger partial charge in [-0.05, 0) is 43.1 Å². The summed E-state index contributed by atoms with van der Waals surface area (Å²) in [5.74, 6) is -0.0990. The molecule has 1 aromatic rings. The summed E-state index contributed by atoms with van der Waals surface area (Å²) in [6, 6.07) is 7.65. The van der Waals surface area contributed by atoms with Crippen molar-refractivity contribution in [3.05, 3.63) is 41.6 Å². The summed E-state index contributed by atoms with van der Waals surface area (Å²) in [5, 5.41) is 6.47. The topological polar surface area (TPSA) is 70.7 Å². The summed E-state index contributed by atoms with van der Waals surface area (Å²) in [5.41, 5.74) is 2.06. The van der Waals surface area contributed by atoms with Gasteiger partial charge in [-0.15, -0.1) is 12.4 Å². The van der Waals surface area contributed by atoms with Crippen LogP contribution in [0.5, 0.6) is 0 Å². The van der Waals surface area contributed by atoms with Crippen LogP contribution in [-0.2, 0) is 14.3 Å². The number of fused-ring (bicyclic) bond motifs is 1. The molecule has 0 aliphatic carbocycles. The van der Waals surface area contributed by atoms with Gasteiger partial charge in [-0.25, -0.2) is 0 Å². The van der Waals surface area contributed by atoms with E-state index in [1.807, 2.05) is 30.3 Å². The largest absolute Gasteiger partial charge is 0.384 e. The zero-order chi connectivity index (χ0) is 19.3. The minimum atomic E-state index is -0.268. The lowest BCUT2D eigenvalue weighted by Crippen LogP contribution is -2.47. The number of halogens is 1. The highest BCUT2D eigenvalue weighted by molar-refractivity contribution is 5.85. The van der Waals surface area contributed by atoms with Crippen LogP contribution in [0.25, 0.3) is 6.08 Å². The van der Waals surface area contributed by atoms with E-state index in [2.05, 4.69) is 10.6 Å². The van der Waals surface area contributed by atoms with E-state index in [0.29, 0.717) is 13.2 Å². The Bertz CT molecular complexity index is 711. The van der Waals surface area contributed by atoms with Gasteiger partial charge in [0, 0.05) is 32.2 Å². The van der Waals surface area contributed by atoms with Crippen molar-refractivity contribution in [2.75, 3.05) is 33.4 Å². The van der Waals surface area contributed by atoms with Crippen molar-refractivity contribution in [1.29, 1.82) is 0 Å². The summed E-state index contributed by atoms with van der Waals surface area (Å²) in [7, 11) is 1.71. The van der Waals surface area contributed by atoms with Crippen LogP contribution in [0.4, 0.5) is 0 Å². The highest BCUT2D eigenvalue weighted by Gasteiger charge is 2.33. The van der Waals surface area contributed by atoms with Crippen LogP contribution in [0.1, 0.15) is 43.4 Å². The molecule has 0 radical (unpaired) electrons. The first kappa shape index (κ1) is 22.4. The number of benzene rings is 1. The van der Waals surface area contributed by atoms with E-state index in [9.17, 15) is 9.59 Å². The first-order valence-electron chi connectivity index (χ1n) is 9.57. The van der Waals surface area contributed by atoms with Gasteiger partial charge in [-0.1, -0.05) is 24.3 Å². The van der Waals surface area contributed by atoms with Gasteiger partial charge in [0.2, 0.25) is 11.8 Å². The average Bonchev–Trinajstić information content (AvgIpc) is 2.67. The van der Waals surface area contributed by atoms with Crippen LogP contribution in [0.2, 0.25) is 0 Å². The van der Waals surface area contributed by atoms with Gasteiger partial charge in [-0.2, -0.15) is 0 Å². The molecule has 2 heterocycles. The van der Waals surface area contributed by atoms with Crippen LogP contribution in [-0.4, -0.2) is 50.1 Å². The first-order valence-corrected chi connectivity index (χ1v) is 9.57. The Balaban J connectivity index is 0.00000280. The number of carbonyl (C=O) groups is 2. The fourth-order valence-electron chi connectivity index (χ4n) is 4.08. The molecule has 28 heavy (non-hydrogen) atoms. The third-order valence-corrected chi connectivity index (χ3v) is 5.62. The second-order valence-corrected chi connectivity index (χ2v) is 7.55. The maximum atomic E-state index is 12.7. The maximum Gasteiger partial charge on any atom is 0.223 e. The molecular formula is C21H30ClN3O3. The van der Waals surface area contributed by atoms with Crippen molar-refractivity contribution in [2.24, 2.45) is 5.41 Å². The van der Waals surface area contributed by atoms with Crippen LogP contribution in [0.3, 0.4) is 0 Å². The van der Waals surface area contributed by atoms with Crippen molar-refractivity contribution in [3.63, 3.8) is 0 Å². The zero-order valence-electron chi connectivity index (χ0n) is 16.6. The Hall–Kier alpha value is -1.89. The quantitative estimate of drug-likeness (QED) is 0.760. The average molecular weight is 408 g/mol. The van der Waals surface area contributed by atoms with E-state index in [0.717, 1.165) is 37.1 Å². The monoisotopic (exact) mass is 407 g/mol. The maximum absolute atomic E-state index is 12.7. The molecule has 2 amide bonds. The molecule has 7 heteroatoms. The third-order valence-electron chi connectivity index (χ3n) is 5.62. The second kappa shape index (κ2) is 10.0. The van der Waals surface area contributed by atoms with E-state index in [4.69, 9.17) is 4.74 Å². The number of rotatable bonds is 6. The molecule has 1 aromatic carbocycles. The molecule has 0 saturated carbocycles. The van der Waals surface area contributed by atoms with Gasteiger partial charge >= 0.3 is 0 Å². The molecular weight excluding hydrogens is 378 g/mol. The number of ether oxygens (including phenoxy) is 1. The number of carbonyl (C=O) groups excluding carboxylic acids is 2. The predicted octanol–water partition coefficient (Wildman–Crippen LogP) is 2.50. The highest BCUT2D eigenvalue weighted by atomic mass is 35.5. The molecule has 1 fully saturated rings. The van der Waals surface area contributed by atoms with Gasteiger partial charge in [0.15, 0.2) is 0 Å². The van der Waals surface area contributed by atoms with E-state index >= 15 is 0 Å². The Morgan fingerprint density at radius 2 is 2.00 bits per heavy atom. The van der Waals surface area contributed by atoms with E-state index < -0.39 is 0 Å². The molecule has 2 N–H and O–H groups in total. The first-order chi connectivity index (χ1) is 13.0. The Morgan fingerprint density at radius 1 is 1.29 bits per heavy atom. The number of amides is 2. The molecule has 6 nitrogen and oxygen atoms in total. The minimum absolute atomic E-state index is 0. The Kier molecular flexibility index (Phi) is 8.04.